The number of esters is 1. The molecule has 79 heavy (non-hydrogen) atoms. The number of benzene rings is 2. The number of halogens is 4. The minimum atomic E-state index is -5.65. The zero-order chi connectivity index (χ0) is 57.4. The summed E-state index contributed by atoms with van der Waals surface area (Å²) < 4.78 is 147. The number of ether oxygens (including phenoxy) is 11. The van der Waals surface area contributed by atoms with E-state index in [4.69, 9.17) is 62.5 Å². The molecule has 0 saturated carbocycles. The van der Waals surface area contributed by atoms with Gasteiger partial charge in [-0.3, -0.25) is 23.8 Å². The molecule has 442 valence electrons. The first kappa shape index (κ1) is 66.0. The molecule has 0 aliphatic carbocycles. The van der Waals surface area contributed by atoms with Crippen molar-refractivity contribution in [2.45, 2.75) is 44.9 Å². The quantitative estimate of drug-likeness (QED) is 0.0138. The SMILES string of the molecule is CCCN(OCC)C(=O)C1=Cc2ccc(-n3cc(C)c(C(=O)NCCOCCOCCOCCOCCOCCOCCOCCOCCOCCOCCC(=O)Oc4c(F)c(F)c(S(=O)(=O)O)c(F)c4F)n3)cc2N=C(N)C1. The number of aliphatic imine (C=N–C) groups is 1. The number of hydrogen-bond donors (Lipinski definition) is 3. The lowest BCUT2D eigenvalue weighted by atomic mass is 10.1. The second kappa shape index (κ2) is 36.7. The van der Waals surface area contributed by atoms with Gasteiger partial charge >= 0.3 is 16.1 Å². The molecule has 0 saturated heterocycles. The van der Waals surface area contributed by atoms with Crippen LogP contribution in [0.1, 0.15) is 54.7 Å². The van der Waals surface area contributed by atoms with Crippen LogP contribution in [-0.4, -0.2) is 203 Å². The van der Waals surface area contributed by atoms with Gasteiger partial charge < -0.3 is 63.2 Å². The number of amidine groups is 1. The van der Waals surface area contributed by atoms with Crippen molar-refractivity contribution >= 4 is 45.5 Å². The Labute approximate surface area is 455 Å². The van der Waals surface area contributed by atoms with Crippen LogP contribution in [0.2, 0.25) is 0 Å². The highest BCUT2D eigenvalue weighted by molar-refractivity contribution is 7.85. The van der Waals surface area contributed by atoms with Crippen molar-refractivity contribution in [3.05, 3.63) is 70.1 Å². The molecule has 1 aromatic heterocycles. The van der Waals surface area contributed by atoms with E-state index in [0.29, 0.717) is 134 Å². The topological polar surface area (TPSA) is 288 Å². The molecule has 0 radical (unpaired) electrons. The number of nitrogens with one attached hydrogen (secondary N) is 1. The van der Waals surface area contributed by atoms with E-state index in [-0.39, 0.29) is 70.1 Å². The first-order valence-electron chi connectivity index (χ1n) is 25.4. The van der Waals surface area contributed by atoms with Crippen molar-refractivity contribution in [1.82, 2.24) is 20.2 Å². The number of rotatable bonds is 42. The van der Waals surface area contributed by atoms with Gasteiger partial charge in [-0.2, -0.15) is 22.3 Å². The van der Waals surface area contributed by atoms with Gasteiger partial charge in [0.05, 0.1) is 157 Å². The maximum Gasteiger partial charge on any atom is 0.313 e. The fraction of sp³-hybridized carbons (Fsp3) is 0.580. The Morgan fingerprint density at radius 2 is 1.18 bits per heavy atom. The van der Waals surface area contributed by atoms with Crippen molar-refractivity contribution < 1.29 is 102 Å². The van der Waals surface area contributed by atoms with Crippen LogP contribution < -0.4 is 15.8 Å². The van der Waals surface area contributed by atoms with Gasteiger partial charge in [0, 0.05) is 42.4 Å². The van der Waals surface area contributed by atoms with Crippen molar-refractivity contribution in [3.8, 4) is 11.4 Å². The van der Waals surface area contributed by atoms with Gasteiger partial charge in [0.2, 0.25) is 17.4 Å². The summed E-state index contributed by atoms with van der Waals surface area (Å²) in [6.45, 7) is 12.5. The number of nitrogens with zero attached hydrogens (tertiary/aromatic N) is 4. The van der Waals surface area contributed by atoms with Crippen LogP contribution in [0, 0.1) is 30.2 Å². The molecule has 0 atom stereocenters. The fourth-order valence-corrected chi connectivity index (χ4v) is 7.48. The number of carbonyl (C=O) groups excluding carboxylic acids is 3. The zero-order valence-corrected chi connectivity index (χ0v) is 45.3. The second-order valence-electron chi connectivity index (χ2n) is 16.6. The number of hydroxylamine groups is 2. The molecule has 4 rings (SSSR count). The van der Waals surface area contributed by atoms with E-state index >= 15 is 0 Å². The summed E-state index contributed by atoms with van der Waals surface area (Å²) in [5.74, 6) is -13.0. The summed E-state index contributed by atoms with van der Waals surface area (Å²) in [6, 6.07) is 5.48. The molecule has 3 aromatic rings. The standard InChI is InChI=1S/C50H70F4N6O18S/c1-4-10-60(77-5-2)50(63)37-31-36-6-7-38(33-39(36)57-40(55)32-37)59-34-35(3)46(58-59)49(62)56-9-12-68-14-16-70-18-20-72-22-24-74-26-28-76-30-29-75-27-25-73-23-21-71-19-17-69-15-13-67-11-8-41(61)78-47-42(51)44(53)48(79(64,65)66)45(54)43(47)52/h6-7,31,33-34H,4-5,8-30,32H2,1-3H3,(H2,55,57)(H,56,62)(H,64,65,66). The molecule has 0 bridgehead atoms. The maximum absolute atomic E-state index is 14.0. The third-order valence-corrected chi connectivity index (χ3v) is 11.4. The van der Waals surface area contributed by atoms with Crippen LogP contribution in [0.5, 0.6) is 5.75 Å². The van der Waals surface area contributed by atoms with E-state index in [9.17, 15) is 40.4 Å². The lowest BCUT2D eigenvalue weighted by molar-refractivity contribution is -0.180. The number of aromatic nitrogens is 2. The van der Waals surface area contributed by atoms with Crippen LogP contribution in [0.15, 0.2) is 39.9 Å². The van der Waals surface area contributed by atoms with Crippen LogP contribution >= 0.6 is 0 Å². The normalized spacial score (nSPS) is 12.5. The van der Waals surface area contributed by atoms with E-state index in [2.05, 4.69) is 20.1 Å². The molecule has 2 aromatic carbocycles. The van der Waals surface area contributed by atoms with E-state index in [1.807, 2.05) is 26.0 Å². The minimum Gasteiger partial charge on any atom is -0.420 e. The van der Waals surface area contributed by atoms with Gasteiger partial charge in [-0.15, -0.1) is 0 Å². The monoisotopic (exact) mass is 1150 g/mol. The van der Waals surface area contributed by atoms with Crippen molar-refractivity contribution in [2.24, 2.45) is 10.7 Å². The Bertz CT molecular complexity index is 2520. The number of fused-ring (bicyclic) bond motifs is 1. The highest BCUT2D eigenvalue weighted by Gasteiger charge is 2.34. The van der Waals surface area contributed by atoms with Crippen LogP contribution in [0.3, 0.4) is 0 Å². The molecular weight excluding hydrogens is 1080 g/mol. The van der Waals surface area contributed by atoms with Gasteiger partial charge in [-0.1, -0.05) is 13.0 Å². The van der Waals surface area contributed by atoms with Gasteiger partial charge in [0.25, 0.3) is 11.8 Å². The van der Waals surface area contributed by atoms with Crippen molar-refractivity contribution in [3.63, 3.8) is 0 Å². The summed E-state index contributed by atoms with van der Waals surface area (Å²) in [6.07, 6.45) is 3.87. The Balaban J connectivity index is 0.874. The molecule has 2 heterocycles. The molecule has 1 aliphatic heterocycles. The molecular formula is C50H70F4N6O18S. The molecule has 29 heteroatoms. The predicted octanol–water partition coefficient (Wildman–Crippen LogP) is 3.84. The number of hydrogen-bond acceptors (Lipinski definition) is 20. The molecule has 24 nitrogen and oxygen atoms in total. The third-order valence-electron chi connectivity index (χ3n) is 10.6. The van der Waals surface area contributed by atoms with Crippen LogP contribution in [-0.2, 0) is 71.9 Å². The number of aryl methyl sites for hydroxylation is 1. The van der Waals surface area contributed by atoms with Gasteiger partial charge in [0.15, 0.2) is 22.2 Å². The smallest absolute Gasteiger partial charge is 0.313 e. The first-order chi connectivity index (χ1) is 38.1. The minimum absolute atomic E-state index is 0.0157. The summed E-state index contributed by atoms with van der Waals surface area (Å²) in [5.41, 5.74) is 9.62. The largest absolute Gasteiger partial charge is 0.420 e. The number of carbonyl (C=O) groups is 3. The van der Waals surface area contributed by atoms with E-state index < -0.39 is 56.4 Å². The average Bonchev–Trinajstić information content (AvgIpc) is 3.77. The summed E-state index contributed by atoms with van der Waals surface area (Å²) in [7, 11) is -5.65. The summed E-state index contributed by atoms with van der Waals surface area (Å²) >= 11 is 0. The Morgan fingerprint density at radius 3 is 1.63 bits per heavy atom. The third kappa shape index (κ3) is 23.6. The molecule has 2 amide bonds. The first-order valence-corrected chi connectivity index (χ1v) is 26.8. The van der Waals surface area contributed by atoms with Crippen molar-refractivity contribution in [1.29, 1.82) is 0 Å². The van der Waals surface area contributed by atoms with Crippen LogP contribution in [0.25, 0.3) is 11.8 Å². The highest BCUT2D eigenvalue weighted by Crippen LogP contribution is 2.33. The molecule has 0 spiro atoms. The Kier molecular flexibility index (Phi) is 30.6. The predicted molar refractivity (Wildman–Crippen MR) is 273 cm³/mol. The molecule has 0 fully saturated rings. The lowest BCUT2D eigenvalue weighted by Crippen LogP contribution is -2.34. The second-order valence-corrected chi connectivity index (χ2v) is 18.0. The number of amides is 2. The summed E-state index contributed by atoms with van der Waals surface area (Å²) in [5, 5.41) is 8.71. The number of nitrogens with two attached hydrogens (primary N) is 1. The maximum atomic E-state index is 14.0. The van der Waals surface area contributed by atoms with Gasteiger partial charge in [-0.25, -0.2) is 23.5 Å². The summed E-state index contributed by atoms with van der Waals surface area (Å²) in [4.78, 5) is 45.9. The Hall–Kier alpha value is -5.54. The molecule has 4 N–H and O–H groups in total. The van der Waals surface area contributed by atoms with E-state index in [1.165, 1.54) is 5.06 Å². The Morgan fingerprint density at radius 1 is 0.709 bits per heavy atom. The van der Waals surface area contributed by atoms with Crippen LogP contribution in [0.4, 0.5) is 23.2 Å². The van der Waals surface area contributed by atoms with Crippen molar-refractivity contribution in [2.75, 3.05) is 152 Å². The fourth-order valence-electron chi connectivity index (χ4n) is 6.85. The lowest BCUT2D eigenvalue weighted by Gasteiger charge is -2.21. The van der Waals surface area contributed by atoms with E-state index in [1.54, 1.807) is 29.9 Å². The highest BCUT2D eigenvalue weighted by atomic mass is 32.2. The average molecular weight is 1150 g/mol. The zero-order valence-electron chi connectivity index (χ0n) is 44.4. The van der Waals surface area contributed by atoms with Gasteiger partial charge in [-0.05, 0) is 38.5 Å². The van der Waals surface area contributed by atoms with E-state index in [0.717, 1.165) is 12.0 Å². The molecule has 1 aliphatic rings. The van der Waals surface area contributed by atoms with Gasteiger partial charge in [0.1, 0.15) is 5.84 Å². The molecule has 0 unspecified atom stereocenters.